The summed E-state index contributed by atoms with van der Waals surface area (Å²) in [7, 11) is 0. The molecule has 0 radical (unpaired) electrons. The molecule has 1 aromatic carbocycles. The monoisotopic (exact) mass is 428 g/mol. The molecule has 0 bridgehead atoms. The second kappa shape index (κ2) is 7.66. The third kappa shape index (κ3) is 3.40. The van der Waals surface area contributed by atoms with Gasteiger partial charge in [0, 0.05) is 47.3 Å². The summed E-state index contributed by atoms with van der Waals surface area (Å²) in [6.45, 7) is 6.92. The van der Waals surface area contributed by atoms with Crippen LogP contribution in [0.4, 0.5) is 0 Å². The average molecular weight is 429 g/mol. The van der Waals surface area contributed by atoms with Gasteiger partial charge in [-0.3, -0.25) is 4.98 Å². The van der Waals surface area contributed by atoms with Gasteiger partial charge in [-0.1, -0.05) is 13.8 Å². The normalized spacial score (nSPS) is 12.7. The number of fused-ring (bicyclic) bond motifs is 3. The second-order valence-corrected chi connectivity index (χ2v) is 7.44. The van der Waals surface area contributed by atoms with Gasteiger partial charge < -0.3 is 23.6 Å². The number of nitrogens with one attached hydrogen (secondary N) is 1. The Labute approximate surface area is 178 Å². The maximum Gasteiger partial charge on any atom is 0.336 e. The molecule has 0 fully saturated rings. The standard InChI is InChI=1S/C22H20N2O5.ClH/c1-11(2)23-8-13-9-24-12(3)22-14(13)4-17(29-22)16-6-21(25)28-18-7-20-19(5-15(16)18)26-10-27-20;/h4-7,9,11,23H,8,10H2,1-3H3;1H. The Morgan fingerprint density at radius 2 is 1.83 bits per heavy atom. The number of aromatic nitrogens is 1. The number of ether oxygens (including phenoxy) is 2. The van der Waals surface area contributed by atoms with E-state index >= 15 is 0 Å². The van der Waals surface area contributed by atoms with Gasteiger partial charge in [0.2, 0.25) is 6.79 Å². The van der Waals surface area contributed by atoms with E-state index in [4.69, 9.17) is 18.3 Å². The van der Waals surface area contributed by atoms with Gasteiger partial charge in [0.05, 0.1) is 5.69 Å². The highest BCUT2D eigenvalue weighted by Crippen LogP contribution is 2.40. The first kappa shape index (κ1) is 20.3. The lowest BCUT2D eigenvalue weighted by atomic mass is 10.1. The van der Waals surface area contributed by atoms with Gasteiger partial charge in [-0.05, 0) is 24.6 Å². The fourth-order valence-electron chi connectivity index (χ4n) is 3.54. The van der Waals surface area contributed by atoms with Crippen LogP contribution in [0.3, 0.4) is 0 Å². The number of benzene rings is 1. The molecule has 0 saturated heterocycles. The van der Waals surface area contributed by atoms with Crippen LogP contribution in [-0.4, -0.2) is 17.8 Å². The minimum Gasteiger partial charge on any atom is -0.454 e. The summed E-state index contributed by atoms with van der Waals surface area (Å²) in [5.41, 5.74) is 3.17. The maximum absolute atomic E-state index is 12.2. The number of hydrogen-bond donors (Lipinski definition) is 1. The summed E-state index contributed by atoms with van der Waals surface area (Å²) in [5.74, 6) is 1.76. The first-order valence-electron chi connectivity index (χ1n) is 9.49. The molecule has 4 aromatic rings. The Morgan fingerprint density at radius 3 is 2.60 bits per heavy atom. The van der Waals surface area contributed by atoms with Crippen LogP contribution >= 0.6 is 12.4 Å². The molecule has 3 aromatic heterocycles. The van der Waals surface area contributed by atoms with E-state index in [1.165, 1.54) is 6.07 Å². The van der Waals surface area contributed by atoms with Gasteiger partial charge in [-0.2, -0.15) is 0 Å². The van der Waals surface area contributed by atoms with Crippen LogP contribution in [-0.2, 0) is 6.54 Å². The average Bonchev–Trinajstić information content (AvgIpc) is 3.32. The second-order valence-electron chi connectivity index (χ2n) is 7.44. The number of aryl methyl sites for hydroxylation is 1. The highest BCUT2D eigenvalue weighted by molar-refractivity contribution is 5.97. The lowest BCUT2D eigenvalue weighted by Gasteiger charge is -2.08. The molecule has 156 valence electrons. The van der Waals surface area contributed by atoms with E-state index in [9.17, 15) is 4.79 Å². The Morgan fingerprint density at radius 1 is 1.07 bits per heavy atom. The zero-order chi connectivity index (χ0) is 20.1. The minimum atomic E-state index is -0.455. The third-order valence-electron chi connectivity index (χ3n) is 5.02. The van der Waals surface area contributed by atoms with E-state index in [1.807, 2.05) is 25.3 Å². The van der Waals surface area contributed by atoms with Gasteiger partial charge in [0.15, 0.2) is 17.1 Å². The quantitative estimate of drug-likeness (QED) is 0.477. The van der Waals surface area contributed by atoms with Crippen molar-refractivity contribution >= 4 is 34.3 Å². The van der Waals surface area contributed by atoms with Crippen molar-refractivity contribution < 1.29 is 18.3 Å². The molecule has 0 saturated carbocycles. The van der Waals surface area contributed by atoms with Crippen LogP contribution < -0.4 is 20.4 Å². The minimum absolute atomic E-state index is 0. The lowest BCUT2D eigenvalue weighted by Crippen LogP contribution is -2.22. The Hall–Kier alpha value is -3.03. The number of halogens is 1. The molecule has 0 aliphatic carbocycles. The summed E-state index contributed by atoms with van der Waals surface area (Å²) in [5, 5.41) is 5.11. The molecule has 1 N–H and O–H groups in total. The van der Waals surface area contributed by atoms with Crippen LogP contribution in [0.15, 0.2) is 44.1 Å². The predicted molar refractivity (Wildman–Crippen MR) is 116 cm³/mol. The topological polar surface area (TPSA) is 86.7 Å². The Bertz CT molecular complexity index is 1310. The molecule has 4 heterocycles. The molecule has 8 heteroatoms. The molecule has 7 nitrogen and oxygen atoms in total. The van der Waals surface area contributed by atoms with Crippen molar-refractivity contribution in [3.8, 4) is 22.8 Å². The van der Waals surface area contributed by atoms with Gasteiger partial charge in [0.1, 0.15) is 11.3 Å². The number of pyridine rings is 1. The summed E-state index contributed by atoms with van der Waals surface area (Å²) in [6.07, 6.45) is 1.86. The van der Waals surface area contributed by atoms with Crippen LogP contribution in [0.25, 0.3) is 33.3 Å². The van der Waals surface area contributed by atoms with Gasteiger partial charge in [-0.15, -0.1) is 12.4 Å². The largest absolute Gasteiger partial charge is 0.454 e. The van der Waals surface area contributed by atoms with E-state index in [-0.39, 0.29) is 19.2 Å². The van der Waals surface area contributed by atoms with Gasteiger partial charge >= 0.3 is 5.63 Å². The summed E-state index contributed by atoms with van der Waals surface area (Å²) in [4.78, 5) is 16.7. The van der Waals surface area contributed by atoms with Crippen LogP contribution in [0, 0.1) is 6.92 Å². The van der Waals surface area contributed by atoms with E-state index < -0.39 is 5.63 Å². The first-order chi connectivity index (χ1) is 14.0. The third-order valence-corrected chi connectivity index (χ3v) is 5.02. The fourth-order valence-corrected chi connectivity index (χ4v) is 3.54. The SMILES string of the molecule is Cc1ncc(CNC(C)C)c2cc(-c3cc(=O)oc4cc5c(cc34)OCO5)oc12.Cl. The zero-order valence-electron chi connectivity index (χ0n) is 16.8. The molecule has 0 spiro atoms. The summed E-state index contributed by atoms with van der Waals surface area (Å²) < 4.78 is 22.4. The molecular weight excluding hydrogens is 408 g/mol. The Kier molecular flexibility index (Phi) is 5.17. The molecule has 5 rings (SSSR count). The predicted octanol–water partition coefficient (Wildman–Crippen LogP) is 4.56. The van der Waals surface area contributed by atoms with Crippen molar-refractivity contribution in [3.05, 3.63) is 52.1 Å². The molecule has 0 atom stereocenters. The highest BCUT2D eigenvalue weighted by Gasteiger charge is 2.20. The molecule has 0 amide bonds. The maximum atomic E-state index is 12.2. The molecule has 1 aliphatic heterocycles. The van der Waals surface area contributed by atoms with Crippen LogP contribution in [0.2, 0.25) is 0 Å². The number of furan rings is 1. The fraction of sp³-hybridized carbons (Fsp3) is 0.273. The number of nitrogens with zero attached hydrogens (tertiary/aromatic N) is 1. The first-order valence-corrected chi connectivity index (χ1v) is 9.49. The van der Waals surface area contributed by atoms with Gasteiger partial charge in [-0.25, -0.2) is 4.79 Å². The van der Waals surface area contributed by atoms with E-state index in [1.54, 1.807) is 6.07 Å². The number of hydrogen-bond acceptors (Lipinski definition) is 7. The molecular formula is C22H21ClN2O5. The zero-order valence-corrected chi connectivity index (χ0v) is 17.6. The smallest absolute Gasteiger partial charge is 0.336 e. The highest BCUT2D eigenvalue weighted by atomic mass is 35.5. The molecule has 1 aliphatic rings. The van der Waals surface area contributed by atoms with Crippen molar-refractivity contribution in [1.82, 2.24) is 10.3 Å². The van der Waals surface area contributed by atoms with Crippen LogP contribution in [0.5, 0.6) is 11.5 Å². The summed E-state index contributed by atoms with van der Waals surface area (Å²) >= 11 is 0. The molecule has 30 heavy (non-hydrogen) atoms. The van der Waals surface area contributed by atoms with Crippen molar-refractivity contribution in [2.24, 2.45) is 0 Å². The van der Waals surface area contributed by atoms with E-state index in [0.717, 1.165) is 22.0 Å². The summed E-state index contributed by atoms with van der Waals surface area (Å²) in [6, 6.07) is 7.24. The van der Waals surface area contributed by atoms with Gasteiger partial charge in [0.25, 0.3) is 0 Å². The van der Waals surface area contributed by atoms with Crippen molar-refractivity contribution in [2.45, 2.75) is 33.4 Å². The van der Waals surface area contributed by atoms with Crippen molar-refractivity contribution in [3.63, 3.8) is 0 Å². The lowest BCUT2D eigenvalue weighted by molar-refractivity contribution is 0.174. The van der Waals surface area contributed by atoms with E-state index in [0.29, 0.717) is 46.6 Å². The Balaban J connectivity index is 0.00000218. The van der Waals surface area contributed by atoms with Crippen molar-refractivity contribution in [2.75, 3.05) is 6.79 Å². The van der Waals surface area contributed by atoms with Crippen molar-refractivity contribution in [1.29, 1.82) is 0 Å². The number of rotatable bonds is 4. The van der Waals surface area contributed by atoms with Crippen LogP contribution in [0.1, 0.15) is 25.1 Å². The van der Waals surface area contributed by atoms with E-state index in [2.05, 4.69) is 24.1 Å². The molecule has 0 unspecified atom stereocenters.